The van der Waals surface area contributed by atoms with Gasteiger partial charge in [-0.15, -0.1) is 15.3 Å². The SMILES string of the molecule is N#Cc1nccnc1NCC1CN(c2ccc3nnc(C4CCC4)n3n2)C1. The molecule has 2 aliphatic rings. The summed E-state index contributed by atoms with van der Waals surface area (Å²) in [7, 11) is 0. The minimum absolute atomic E-state index is 0.330. The first kappa shape index (κ1) is 15.9. The smallest absolute Gasteiger partial charge is 0.182 e. The molecular weight excluding hydrogens is 342 g/mol. The zero-order valence-corrected chi connectivity index (χ0v) is 14.8. The van der Waals surface area contributed by atoms with Crippen molar-refractivity contribution in [3.05, 3.63) is 36.0 Å². The molecule has 9 heteroatoms. The van der Waals surface area contributed by atoms with E-state index in [4.69, 9.17) is 10.4 Å². The van der Waals surface area contributed by atoms with Gasteiger partial charge in [0.2, 0.25) is 0 Å². The highest BCUT2D eigenvalue weighted by molar-refractivity contribution is 5.49. The predicted molar refractivity (Wildman–Crippen MR) is 98.3 cm³/mol. The van der Waals surface area contributed by atoms with Gasteiger partial charge >= 0.3 is 0 Å². The molecule has 0 radical (unpaired) electrons. The Hall–Kier alpha value is -3.28. The number of nitrogens with one attached hydrogen (secondary N) is 1. The molecule has 9 nitrogen and oxygen atoms in total. The fourth-order valence-corrected chi connectivity index (χ4v) is 3.56. The van der Waals surface area contributed by atoms with E-state index in [0.29, 0.717) is 23.3 Å². The molecule has 0 atom stereocenters. The van der Waals surface area contributed by atoms with E-state index in [1.807, 2.05) is 16.6 Å². The summed E-state index contributed by atoms with van der Waals surface area (Å²) >= 11 is 0. The number of hydrogen-bond acceptors (Lipinski definition) is 8. The molecule has 4 heterocycles. The summed E-state index contributed by atoms with van der Waals surface area (Å²) in [6, 6.07) is 6.05. The average molecular weight is 361 g/mol. The number of anilines is 2. The van der Waals surface area contributed by atoms with Gasteiger partial charge in [-0.1, -0.05) is 6.42 Å². The quantitative estimate of drug-likeness (QED) is 0.730. The molecule has 3 aromatic rings. The second kappa shape index (κ2) is 6.46. The second-order valence-electron chi connectivity index (χ2n) is 7.16. The van der Waals surface area contributed by atoms with Gasteiger partial charge in [0, 0.05) is 43.9 Å². The molecule has 1 saturated carbocycles. The third kappa shape index (κ3) is 2.83. The van der Waals surface area contributed by atoms with Crippen molar-refractivity contribution in [3.63, 3.8) is 0 Å². The van der Waals surface area contributed by atoms with Crippen molar-refractivity contribution in [2.75, 3.05) is 29.9 Å². The molecule has 2 fully saturated rings. The third-order valence-corrected chi connectivity index (χ3v) is 5.39. The second-order valence-corrected chi connectivity index (χ2v) is 7.16. The number of nitriles is 1. The number of fused-ring (bicyclic) bond motifs is 1. The van der Waals surface area contributed by atoms with E-state index in [0.717, 1.165) is 36.9 Å². The van der Waals surface area contributed by atoms with Gasteiger partial charge in [-0.3, -0.25) is 0 Å². The van der Waals surface area contributed by atoms with E-state index in [1.54, 1.807) is 6.20 Å². The maximum absolute atomic E-state index is 9.08. The van der Waals surface area contributed by atoms with Crippen LogP contribution in [0.1, 0.15) is 36.7 Å². The molecule has 0 amide bonds. The van der Waals surface area contributed by atoms with Crippen molar-refractivity contribution in [2.45, 2.75) is 25.2 Å². The number of aromatic nitrogens is 6. The Balaban J connectivity index is 1.23. The minimum atomic E-state index is 0.330. The van der Waals surface area contributed by atoms with Crippen molar-refractivity contribution in [2.24, 2.45) is 5.92 Å². The van der Waals surface area contributed by atoms with Crippen molar-refractivity contribution in [3.8, 4) is 6.07 Å². The molecule has 1 saturated heterocycles. The Kier molecular flexibility index (Phi) is 3.81. The summed E-state index contributed by atoms with van der Waals surface area (Å²) in [5.41, 5.74) is 1.14. The summed E-state index contributed by atoms with van der Waals surface area (Å²) in [6.07, 6.45) is 6.74. The van der Waals surface area contributed by atoms with Gasteiger partial charge < -0.3 is 10.2 Å². The molecule has 1 aliphatic heterocycles. The highest BCUT2D eigenvalue weighted by atomic mass is 15.4. The van der Waals surface area contributed by atoms with Gasteiger partial charge in [0.15, 0.2) is 23.0 Å². The molecule has 0 bridgehead atoms. The topological polar surface area (TPSA) is 108 Å². The molecule has 1 N–H and O–H groups in total. The molecular formula is C18H19N9. The summed E-state index contributed by atoms with van der Waals surface area (Å²) < 4.78 is 1.91. The Bertz CT molecular complexity index is 1010. The Morgan fingerprint density at radius 2 is 2.00 bits per heavy atom. The largest absolute Gasteiger partial charge is 0.367 e. The van der Waals surface area contributed by atoms with Crippen LogP contribution in [0.15, 0.2) is 24.5 Å². The monoisotopic (exact) mass is 361 g/mol. The highest BCUT2D eigenvalue weighted by Gasteiger charge is 2.29. The van der Waals surface area contributed by atoms with Crippen molar-refractivity contribution in [1.29, 1.82) is 5.26 Å². The number of rotatable bonds is 5. The average Bonchev–Trinajstić information content (AvgIpc) is 3.02. The van der Waals surface area contributed by atoms with Crippen molar-refractivity contribution >= 4 is 17.3 Å². The maximum atomic E-state index is 9.08. The summed E-state index contributed by atoms with van der Waals surface area (Å²) in [5.74, 6) is 3.47. The minimum Gasteiger partial charge on any atom is -0.367 e. The number of nitrogens with zero attached hydrogens (tertiary/aromatic N) is 8. The fraction of sp³-hybridized carbons (Fsp3) is 0.444. The van der Waals surface area contributed by atoms with Crippen LogP contribution >= 0.6 is 0 Å². The lowest BCUT2D eigenvalue weighted by atomic mass is 9.85. The van der Waals surface area contributed by atoms with Crippen molar-refractivity contribution in [1.82, 2.24) is 29.8 Å². The first-order chi connectivity index (χ1) is 13.3. The Morgan fingerprint density at radius 3 is 2.78 bits per heavy atom. The molecule has 0 unspecified atom stereocenters. The van der Waals surface area contributed by atoms with Crippen LogP contribution in [0.25, 0.3) is 5.65 Å². The predicted octanol–water partition coefficient (Wildman–Crippen LogP) is 1.60. The standard InChI is InChI=1S/C18H19N9/c19-8-14-17(21-7-6-20-14)22-9-12-10-26(11-12)16-5-4-15-23-24-18(27(15)25-16)13-2-1-3-13/h4-7,12-13H,1-3,9-11H2,(H,21,22). The van der Waals surface area contributed by atoms with E-state index in [9.17, 15) is 0 Å². The van der Waals surface area contributed by atoms with Crippen LogP contribution < -0.4 is 10.2 Å². The molecule has 0 spiro atoms. The van der Waals surface area contributed by atoms with E-state index < -0.39 is 0 Å². The van der Waals surface area contributed by atoms with Gasteiger partial charge in [0.1, 0.15) is 11.9 Å². The lowest BCUT2D eigenvalue weighted by molar-refractivity contribution is 0.393. The van der Waals surface area contributed by atoms with Gasteiger partial charge in [-0.25, -0.2) is 9.97 Å². The van der Waals surface area contributed by atoms with Crippen LogP contribution in [0.3, 0.4) is 0 Å². The summed E-state index contributed by atoms with van der Waals surface area (Å²) in [5, 5.41) is 25.7. The van der Waals surface area contributed by atoms with Crippen molar-refractivity contribution < 1.29 is 0 Å². The van der Waals surface area contributed by atoms with Crippen LogP contribution in [-0.4, -0.2) is 49.4 Å². The fourth-order valence-electron chi connectivity index (χ4n) is 3.56. The molecule has 0 aromatic carbocycles. The van der Waals surface area contributed by atoms with E-state index in [-0.39, 0.29) is 0 Å². The van der Waals surface area contributed by atoms with Crippen LogP contribution in [0.4, 0.5) is 11.6 Å². The van der Waals surface area contributed by atoms with Gasteiger partial charge in [-0.2, -0.15) is 9.78 Å². The normalized spacial score (nSPS) is 17.4. The van der Waals surface area contributed by atoms with E-state index in [1.165, 1.54) is 25.5 Å². The van der Waals surface area contributed by atoms with E-state index >= 15 is 0 Å². The highest BCUT2D eigenvalue weighted by Crippen LogP contribution is 2.35. The van der Waals surface area contributed by atoms with Crippen LogP contribution in [-0.2, 0) is 0 Å². The summed E-state index contributed by atoms with van der Waals surface area (Å²) in [6.45, 7) is 2.58. The lowest BCUT2D eigenvalue weighted by Crippen LogP contribution is -2.50. The molecule has 1 aliphatic carbocycles. The Morgan fingerprint density at radius 1 is 1.15 bits per heavy atom. The van der Waals surface area contributed by atoms with Gasteiger partial charge in [0.25, 0.3) is 0 Å². The third-order valence-electron chi connectivity index (χ3n) is 5.39. The molecule has 5 rings (SSSR count). The summed E-state index contributed by atoms with van der Waals surface area (Å²) in [4.78, 5) is 10.5. The zero-order chi connectivity index (χ0) is 18.2. The zero-order valence-electron chi connectivity index (χ0n) is 14.8. The maximum Gasteiger partial charge on any atom is 0.182 e. The number of hydrogen-bond donors (Lipinski definition) is 1. The van der Waals surface area contributed by atoms with Crippen LogP contribution in [0.2, 0.25) is 0 Å². The van der Waals surface area contributed by atoms with Gasteiger partial charge in [-0.05, 0) is 25.0 Å². The molecule has 27 heavy (non-hydrogen) atoms. The van der Waals surface area contributed by atoms with E-state index in [2.05, 4.69) is 36.5 Å². The first-order valence-electron chi connectivity index (χ1n) is 9.24. The lowest BCUT2D eigenvalue weighted by Gasteiger charge is -2.40. The van der Waals surface area contributed by atoms with Gasteiger partial charge in [0.05, 0.1) is 0 Å². The first-order valence-corrected chi connectivity index (χ1v) is 9.24. The molecule has 136 valence electrons. The van der Waals surface area contributed by atoms with Crippen LogP contribution in [0.5, 0.6) is 0 Å². The Labute approximate surface area is 156 Å². The van der Waals surface area contributed by atoms with Crippen LogP contribution in [0, 0.1) is 17.2 Å². The molecule has 3 aromatic heterocycles.